The molecule has 2 atom stereocenters. The minimum Gasteiger partial charge on any atom is -0.389 e. The second kappa shape index (κ2) is 3.43. The summed E-state index contributed by atoms with van der Waals surface area (Å²) >= 11 is 2.26. The van der Waals surface area contributed by atoms with Gasteiger partial charge in [-0.15, -0.1) is 0 Å². The van der Waals surface area contributed by atoms with Gasteiger partial charge in [0.1, 0.15) is 0 Å². The summed E-state index contributed by atoms with van der Waals surface area (Å²) in [5, 5.41) is 12.7. The van der Waals surface area contributed by atoms with Crippen LogP contribution in [0.15, 0.2) is 18.2 Å². The maximum Gasteiger partial charge on any atom is 0.0905 e. The van der Waals surface area contributed by atoms with E-state index in [-0.39, 0.29) is 6.04 Å². The minimum absolute atomic E-state index is 0.258. The Labute approximate surface area is 90.5 Å². The van der Waals surface area contributed by atoms with Crippen molar-refractivity contribution in [2.75, 3.05) is 11.9 Å². The number of anilines is 1. The Morgan fingerprint density at radius 2 is 2.31 bits per heavy atom. The zero-order valence-electron chi connectivity index (χ0n) is 7.00. The number of para-hydroxylation sites is 1. The Hall–Kier alpha value is -0.330. The highest BCUT2D eigenvalue weighted by atomic mass is 127. The van der Waals surface area contributed by atoms with Gasteiger partial charge in [-0.1, -0.05) is 12.1 Å². The van der Waals surface area contributed by atoms with Crippen LogP contribution < -0.4 is 11.1 Å². The first-order valence-corrected chi connectivity index (χ1v) is 5.24. The average molecular weight is 290 g/mol. The number of rotatable bonds is 0. The molecule has 0 saturated heterocycles. The highest BCUT2D eigenvalue weighted by molar-refractivity contribution is 14.1. The summed E-state index contributed by atoms with van der Waals surface area (Å²) in [5.41, 5.74) is 7.94. The molecule has 0 spiro atoms. The molecule has 0 aliphatic carbocycles. The third-order valence-electron chi connectivity index (χ3n) is 2.31. The van der Waals surface area contributed by atoms with E-state index in [1.54, 1.807) is 0 Å². The fourth-order valence-electron chi connectivity index (χ4n) is 1.55. The van der Waals surface area contributed by atoms with Gasteiger partial charge < -0.3 is 16.2 Å². The molecule has 0 aromatic heterocycles. The standard InChI is InChI=1S/C9H11IN2O/c10-6-3-1-2-5-8(11)7(13)4-12-9(5)6/h1-3,7-8,12-13H,4,11H2. The molecule has 2 unspecified atom stereocenters. The Morgan fingerprint density at radius 1 is 1.54 bits per heavy atom. The van der Waals surface area contributed by atoms with Crippen molar-refractivity contribution < 1.29 is 5.11 Å². The molecule has 4 N–H and O–H groups in total. The number of nitrogens with two attached hydrogens (primary N) is 1. The molecule has 0 bridgehead atoms. The molecule has 1 aliphatic heterocycles. The van der Waals surface area contributed by atoms with Crippen LogP contribution in [-0.2, 0) is 0 Å². The molecule has 3 nitrogen and oxygen atoms in total. The fraction of sp³-hybridized carbons (Fsp3) is 0.333. The Balaban J connectivity index is 2.49. The number of fused-ring (bicyclic) bond motifs is 1. The second-order valence-corrected chi connectivity index (χ2v) is 4.34. The van der Waals surface area contributed by atoms with Gasteiger partial charge in [0.15, 0.2) is 0 Å². The first-order valence-electron chi connectivity index (χ1n) is 4.16. The monoisotopic (exact) mass is 290 g/mol. The predicted octanol–water partition coefficient (Wildman–Crippen LogP) is 1.08. The molecule has 2 rings (SSSR count). The maximum absolute atomic E-state index is 9.53. The van der Waals surface area contributed by atoms with Crippen molar-refractivity contribution in [1.29, 1.82) is 0 Å². The first kappa shape index (κ1) is 9.23. The van der Waals surface area contributed by atoms with Crippen molar-refractivity contribution in [3.63, 3.8) is 0 Å². The highest BCUT2D eigenvalue weighted by Crippen LogP contribution is 2.31. The van der Waals surface area contributed by atoms with Crippen LogP contribution in [0.5, 0.6) is 0 Å². The summed E-state index contributed by atoms with van der Waals surface area (Å²) in [6, 6.07) is 5.68. The zero-order valence-corrected chi connectivity index (χ0v) is 9.15. The lowest BCUT2D eigenvalue weighted by Gasteiger charge is -2.29. The van der Waals surface area contributed by atoms with E-state index >= 15 is 0 Å². The van der Waals surface area contributed by atoms with Crippen LogP contribution >= 0.6 is 22.6 Å². The molecule has 1 aromatic rings. The van der Waals surface area contributed by atoms with E-state index in [1.165, 1.54) is 0 Å². The summed E-state index contributed by atoms with van der Waals surface area (Å²) in [5.74, 6) is 0. The molecule has 1 aromatic carbocycles. The summed E-state index contributed by atoms with van der Waals surface area (Å²) in [7, 11) is 0. The Morgan fingerprint density at radius 3 is 3.08 bits per heavy atom. The molecule has 4 heteroatoms. The molecular weight excluding hydrogens is 279 g/mol. The smallest absolute Gasteiger partial charge is 0.0905 e. The number of aliphatic hydroxyl groups excluding tert-OH is 1. The molecule has 0 radical (unpaired) electrons. The van der Waals surface area contributed by atoms with Gasteiger partial charge >= 0.3 is 0 Å². The lowest BCUT2D eigenvalue weighted by atomic mass is 9.97. The van der Waals surface area contributed by atoms with E-state index in [0.29, 0.717) is 6.54 Å². The van der Waals surface area contributed by atoms with Gasteiger partial charge in [-0.25, -0.2) is 0 Å². The van der Waals surface area contributed by atoms with E-state index < -0.39 is 6.10 Å². The van der Waals surface area contributed by atoms with Gasteiger partial charge in [-0.2, -0.15) is 0 Å². The second-order valence-electron chi connectivity index (χ2n) is 3.18. The topological polar surface area (TPSA) is 58.3 Å². The summed E-state index contributed by atoms with van der Waals surface area (Å²) < 4.78 is 1.15. The average Bonchev–Trinajstić information content (AvgIpc) is 2.12. The number of halogens is 1. The molecular formula is C9H11IN2O. The number of hydrogen-bond donors (Lipinski definition) is 3. The van der Waals surface area contributed by atoms with E-state index in [4.69, 9.17) is 5.73 Å². The molecule has 1 heterocycles. The number of benzene rings is 1. The van der Waals surface area contributed by atoms with Gasteiger partial charge in [0, 0.05) is 10.1 Å². The highest BCUT2D eigenvalue weighted by Gasteiger charge is 2.25. The first-order chi connectivity index (χ1) is 6.20. The van der Waals surface area contributed by atoms with Crippen LogP contribution in [0.25, 0.3) is 0 Å². The lowest BCUT2D eigenvalue weighted by molar-refractivity contribution is 0.153. The minimum atomic E-state index is -0.481. The van der Waals surface area contributed by atoms with Crippen molar-refractivity contribution in [2.24, 2.45) is 5.73 Å². The van der Waals surface area contributed by atoms with E-state index in [0.717, 1.165) is 14.8 Å². The van der Waals surface area contributed by atoms with Crippen molar-refractivity contribution in [1.82, 2.24) is 0 Å². The molecule has 0 saturated carbocycles. The number of aliphatic hydroxyl groups is 1. The van der Waals surface area contributed by atoms with Gasteiger partial charge in [-0.05, 0) is 34.2 Å². The van der Waals surface area contributed by atoms with Crippen molar-refractivity contribution in [3.05, 3.63) is 27.3 Å². The van der Waals surface area contributed by atoms with Crippen LogP contribution in [0.2, 0.25) is 0 Å². The summed E-state index contributed by atoms with van der Waals surface area (Å²) in [6.07, 6.45) is -0.481. The van der Waals surface area contributed by atoms with Crippen molar-refractivity contribution >= 4 is 28.3 Å². The van der Waals surface area contributed by atoms with Crippen LogP contribution in [0, 0.1) is 3.57 Å². The van der Waals surface area contributed by atoms with Crippen LogP contribution in [-0.4, -0.2) is 17.8 Å². The Kier molecular flexibility index (Phi) is 2.44. The lowest BCUT2D eigenvalue weighted by Crippen LogP contribution is -2.37. The third kappa shape index (κ3) is 1.53. The molecule has 70 valence electrons. The van der Waals surface area contributed by atoms with E-state index in [1.807, 2.05) is 18.2 Å². The SMILES string of the molecule is NC1c2cccc(I)c2NCC1O. The molecule has 0 amide bonds. The van der Waals surface area contributed by atoms with E-state index in [2.05, 4.69) is 27.9 Å². The third-order valence-corrected chi connectivity index (χ3v) is 3.21. The Bertz CT molecular complexity index is 329. The van der Waals surface area contributed by atoms with Gasteiger partial charge in [0.25, 0.3) is 0 Å². The normalized spacial score (nSPS) is 26.4. The zero-order chi connectivity index (χ0) is 9.42. The molecule has 13 heavy (non-hydrogen) atoms. The number of β-amino-alcohol motifs (C(OH)–C–C–N with tert-alkyl or cyclic N) is 1. The quantitative estimate of drug-likeness (QED) is 0.627. The maximum atomic E-state index is 9.53. The van der Waals surface area contributed by atoms with Crippen LogP contribution in [0.4, 0.5) is 5.69 Å². The van der Waals surface area contributed by atoms with Crippen molar-refractivity contribution in [2.45, 2.75) is 12.1 Å². The van der Waals surface area contributed by atoms with E-state index in [9.17, 15) is 5.11 Å². The summed E-state index contributed by atoms with van der Waals surface area (Å²) in [4.78, 5) is 0. The largest absolute Gasteiger partial charge is 0.389 e. The van der Waals surface area contributed by atoms with Crippen molar-refractivity contribution in [3.8, 4) is 0 Å². The fourth-order valence-corrected chi connectivity index (χ4v) is 2.26. The van der Waals surface area contributed by atoms with Gasteiger partial charge in [0.05, 0.1) is 17.8 Å². The molecule has 1 aliphatic rings. The number of hydrogen-bond acceptors (Lipinski definition) is 3. The molecule has 0 fully saturated rings. The predicted molar refractivity (Wildman–Crippen MR) is 60.6 cm³/mol. The van der Waals surface area contributed by atoms with Gasteiger partial charge in [0.2, 0.25) is 0 Å². The van der Waals surface area contributed by atoms with Crippen LogP contribution in [0.3, 0.4) is 0 Å². The summed E-state index contributed by atoms with van der Waals surface area (Å²) in [6.45, 7) is 0.536. The van der Waals surface area contributed by atoms with Gasteiger partial charge in [-0.3, -0.25) is 0 Å². The van der Waals surface area contributed by atoms with Crippen LogP contribution in [0.1, 0.15) is 11.6 Å². The number of nitrogens with one attached hydrogen (secondary N) is 1.